The molecule has 0 aromatic heterocycles. The first-order chi connectivity index (χ1) is 13.7. The molecule has 0 spiro atoms. The second-order valence-corrected chi connectivity index (χ2v) is 7.07. The van der Waals surface area contributed by atoms with E-state index in [1.54, 1.807) is 12.1 Å². The molecule has 158 valence electrons. The van der Waals surface area contributed by atoms with Crippen LogP contribution >= 0.6 is 0 Å². The van der Waals surface area contributed by atoms with Crippen molar-refractivity contribution >= 4 is 23.7 Å². The van der Waals surface area contributed by atoms with Crippen molar-refractivity contribution in [1.82, 2.24) is 10.2 Å². The summed E-state index contributed by atoms with van der Waals surface area (Å²) >= 11 is 0. The topological polar surface area (TPSA) is 176 Å². The summed E-state index contributed by atoms with van der Waals surface area (Å²) in [6.07, 6.45) is 0.853. The Bertz CT molecular complexity index is 766. The first-order valence-electron chi connectivity index (χ1n) is 9.34. The van der Waals surface area contributed by atoms with Crippen LogP contribution in [0, 0.1) is 0 Å². The molecule has 10 heteroatoms. The van der Waals surface area contributed by atoms with E-state index in [2.05, 4.69) is 5.32 Å². The number of aromatic hydroxyl groups is 1. The summed E-state index contributed by atoms with van der Waals surface area (Å²) in [5.74, 6) is -2.84. The van der Waals surface area contributed by atoms with E-state index in [0.29, 0.717) is 12.8 Å². The third-order valence-corrected chi connectivity index (χ3v) is 4.84. The number of carbonyl (C=O) groups is 4. The molecule has 1 heterocycles. The van der Waals surface area contributed by atoms with Gasteiger partial charge in [0, 0.05) is 13.0 Å². The molecule has 0 radical (unpaired) electrons. The van der Waals surface area contributed by atoms with Gasteiger partial charge in [-0.15, -0.1) is 0 Å². The van der Waals surface area contributed by atoms with Crippen LogP contribution < -0.4 is 16.8 Å². The number of carbonyl (C=O) groups excluding carboxylic acids is 3. The lowest BCUT2D eigenvalue weighted by Gasteiger charge is -2.28. The van der Waals surface area contributed by atoms with Crippen LogP contribution in [0.4, 0.5) is 0 Å². The van der Waals surface area contributed by atoms with Crippen LogP contribution in [0.25, 0.3) is 0 Å². The molecule has 29 heavy (non-hydrogen) atoms. The van der Waals surface area contributed by atoms with E-state index in [0.717, 1.165) is 5.56 Å². The fraction of sp³-hybridized carbons (Fsp3) is 0.474. The van der Waals surface area contributed by atoms with E-state index < -0.39 is 41.8 Å². The molecule has 1 aliphatic heterocycles. The van der Waals surface area contributed by atoms with Gasteiger partial charge in [-0.3, -0.25) is 14.4 Å². The maximum atomic E-state index is 12.9. The molecular weight excluding hydrogens is 380 g/mol. The van der Waals surface area contributed by atoms with E-state index in [1.807, 2.05) is 0 Å². The minimum absolute atomic E-state index is 0.0469. The predicted octanol–water partition coefficient (Wildman–Crippen LogP) is -0.912. The van der Waals surface area contributed by atoms with Gasteiger partial charge in [-0.05, 0) is 43.4 Å². The fourth-order valence-corrected chi connectivity index (χ4v) is 3.29. The summed E-state index contributed by atoms with van der Waals surface area (Å²) < 4.78 is 0. The number of nitrogens with two attached hydrogens (primary N) is 2. The maximum Gasteiger partial charge on any atom is 0.326 e. The predicted molar refractivity (Wildman–Crippen MR) is 103 cm³/mol. The van der Waals surface area contributed by atoms with Crippen molar-refractivity contribution in [1.29, 1.82) is 0 Å². The summed E-state index contributed by atoms with van der Waals surface area (Å²) in [7, 11) is 0. The van der Waals surface area contributed by atoms with E-state index in [4.69, 9.17) is 11.5 Å². The Morgan fingerprint density at radius 1 is 1.21 bits per heavy atom. The summed E-state index contributed by atoms with van der Waals surface area (Å²) in [6.45, 7) is 0.262. The Morgan fingerprint density at radius 2 is 1.86 bits per heavy atom. The molecule has 3 amide bonds. The molecule has 0 aliphatic carbocycles. The Morgan fingerprint density at radius 3 is 2.45 bits per heavy atom. The number of aliphatic carboxylic acids is 1. The molecule has 1 aliphatic rings. The number of amides is 3. The first-order valence-corrected chi connectivity index (χ1v) is 9.34. The second-order valence-electron chi connectivity index (χ2n) is 7.07. The van der Waals surface area contributed by atoms with Gasteiger partial charge in [-0.25, -0.2) is 4.79 Å². The van der Waals surface area contributed by atoms with Gasteiger partial charge in [-0.1, -0.05) is 12.1 Å². The highest BCUT2D eigenvalue weighted by atomic mass is 16.4. The number of carboxylic acids is 1. The van der Waals surface area contributed by atoms with Gasteiger partial charge in [0.25, 0.3) is 0 Å². The van der Waals surface area contributed by atoms with E-state index in [-0.39, 0.29) is 31.6 Å². The molecule has 0 unspecified atom stereocenters. The fourth-order valence-electron chi connectivity index (χ4n) is 3.29. The number of phenolic OH excluding ortho intramolecular Hbond substituents is 1. The van der Waals surface area contributed by atoms with E-state index in [9.17, 15) is 29.4 Å². The van der Waals surface area contributed by atoms with Crippen molar-refractivity contribution in [3.63, 3.8) is 0 Å². The lowest BCUT2D eigenvalue weighted by atomic mass is 10.0. The maximum absolute atomic E-state index is 12.9. The highest BCUT2D eigenvalue weighted by Crippen LogP contribution is 2.20. The van der Waals surface area contributed by atoms with Crippen molar-refractivity contribution < 1.29 is 29.4 Å². The lowest BCUT2D eigenvalue weighted by molar-refractivity contribution is -0.149. The molecular formula is C19H26N4O6. The molecule has 1 saturated heterocycles. The molecule has 2 rings (SSSR count). The average molecular weight is 406 g/mol. The van der Waals surface area contributed by atoms with Crippen molar-refractivity contribution in [3.05, 3.63) is 29.8 Å². The van der Waals surface area contributed by atoms with Crippen LogP contribution in [0.3, 0.4) is 0 Å². The van der Waals surface area contributed by atoms with Crippen LogP contribution in [0.1, 0.15) is 31.2 Å². The molecule has 1 aromatic rings. The Hall–Kier alpha value is -3.14. The monoisotopic (exact) mass is 406 g/mol. The third kappa shape index (κ3) is 6.18. The number of likely N-dealkylation sites (tertiary alicyclic amines) is 1. The molecule has 1 aromatic carbocycles. The molecule has 1 fully saturated rings. The van der Waals surface area contributed by atoms with Gasteiger partial charge < -0.3 is 31.9 Å². The van der Waals surface area contributed by atoms with Crippen LogP contribution in [0.2, 0.25) is 0 Å². The zero-order valence-corrected chi connectivity index (χ0v) is 15.9. The SMILES string of the molecule is NC(=O)CC[C@H](NC(=O)[C@@H](N)Cc1ccc(O)cc1)C(=O)N1CCC[C@@H]1C(=O)O. The summed E-state index contributed by atoms with van der Waals surface area (Å²) in [6, 6.07) is 3.16. The number of carboxylic acid groups (broad SMARTS) is 1. The smallest absolute Gasteiger partial charge is 0.326 e. The van der Waals surface area contributed by atoms with Crippen molar-refractivity contribution in [2.24, 2.45) is 11.5 Å². The number of benzene rings is 1. The summed E-state index contributed by atoms with van der Waals surface area (Å²) in [5.41, 5.74) is 11.8. The largest absolute Gasteiger partial charge is 0.508 e. The zero-order valence-electron chi connectivity index (χ0n) is 15.9. The van der Waals surface area contributed by atoms with Crippen molar-refractivity contribution in [2.75, 3.05) is 6.54 Å². The van der Waals surface area contributed by atoms with E-state index >= 15 is 0 Å². The molecule has 0 bridgehead atoms. The minimum atomic E-state index is -1.11. The highest BCUT2D eigenvalue weighted by molar-refractivity contribution is 5.92. The molecule has 7 N–H and O–H groups in total. The standard InChI is InChI=1S/C19H26N4O6/c20-13(10-11-3-5-12(24)6-4-11)17(26)22-14(7-8-16(21)25)18(27)23-9-1-2-15(23)19(28)29/h3-6,13-15,24H,1-2,7-10,20H2,(H2,21,25)(H,22,26)(H,28,29)/t13-,14-,15+/m0/s1. The van der Waals surface area contributed by atoms with Crippen LogP contribution in [-0.2, 0) is 25.6 Å². The number of nitrogens with zero attached hydrogens (tertiary/aromatic N) is 1. The number of phenols is 1. The molecule has 3 atom stereocenters. The van der Waals surface area contributed by atoms with Gasteiger partial charge in [0.05, 0.1) is 6.04 Å². The van der Waals surface area contributed by atoms with Gasteiger partial charge >= 0.3 is 5.97 Å². The Labute approximate surface area is 167 Å². The molecule has 0 saturated carbocycles. The number of rotatable bonds is 9. The molecule has 10 nitrogen and oxygen atoms in total. The number of primary amides is 1. The summed E-state index contributed by atoms with van der Waals surface area (Å²) in [4.78, 5) is 49.1. The quantitative estimate of drug-likeness (QED) is 0.352. The number of nitrogens with one attached hydrogen (secondary N) is 1. The second kappa shape index (κ2) is 9.87. The summed E-state index contributed by atoms with van der Waals surface area (Å²) in [5, 5.41) is 21.1. The van der Waals surface area contributed by atoms with Gasteiger partial charge in [0.15, 0.2) is 0 Å². The zero-order chi connectivity index (χ0) is 21.6. The Kier molecular flexibility index (Phi) is 7.54. The normalized spacial score (nSPS) is 18.1. The first kappa shape index (κ1) is 22.2. The van der Waals surface area contributed by atoms with Crippen LogP contribution in [0.5, 0.6) is 5.75 Å². The average Bonchev–Trinajstić information content (AvgIpc) is 3.16. The van der Waals surface area contributed by atoms with Crippen molar-refractivity contribution in [3.8, 4) is 5.75 Å². The highest BCUT2D eigenvalue weighted by Gasteiger charge is 2.38. The van der Waals surface area contributed by atoms with E-state index in [1.165, 1.54) is 17.0 Å². The van der Waals surface area contributed by atoms with Gasteiger partial charge in [-0.2, -0.15) is 0 Å². The lowest BCUT2D eigenvalue weighted by Crippen LogP contribution is -2.55. The van der Waals surface area contributed by atoms with Crippen LogP contribution in [-0.4, -0.2) is 63.5 Å². The third-order valence-electron chi connectivity index (χ3n) is 4.84. The number of hydrogen-bond donors (Lipinski definition) is 5. The van der Waals surface area contributed by atoms with Crippen molar-refractivity contribution in [2.45, 2.75) is 50.2 Å². The van der Waals surface area contributed by atoms with Gasteiger partial charge in [0.2, 0.25) is 17.7 Å². The number of hydrogen-bond acceptors (Lipinski definition) is 6. The van der Waals surface area contributed by atoms with Crippen LogP contribution in [0.15, 0.2) is 24.3 Å². The Balaban J connectivity index is 2.07. The van der Waals surface area contributed by atoms with Gasteiger partial charge in [0.1, 0.15) is 17.8 Å². The minimum Gasteiger partial charge on any atom is -0.508 e.